The van der Waals surface area contributed by atoms with E-state index in [0.29, 0.717) is 12.6 Å². The average molecular weight is 299 g/mol. The third-order valence-corrected chi connectivity index (χ3v) is 3.72. The number of hydrogen-bond donors (Lipinski definition) is 1. The lowest BCUT2D eigenvalue weighted by Crippen LogP contribution is -2.32. The van der Waals surface area contributed by atoms with E-state index < -0.39 is 11.7 Å². The maximum Gasteiger partial charge on any atom is 0.407 e. The fraction of sp³-hybridized carbons (Fsp3) is 0.714. The van der Waals surface area contributed by atoms with E-state index in [0.717, 1.165) is 17.2 Å². The average Bonchev–Trinajstić information content (AvgIpc) is 2.79. The molecule has 1 aromatic heterocycles. The Labute approximate surface area is 125 Å². The molecule has 1 unspecified atom stereocenters. The number of hydrogen-bond acceptors (Lipinski definition) is 4. The Morgan fingerprint density at radius 3 is 2.85 bits per heavy atom. The van der Waals surface area contributed by atoms with Crippen LogP contribution in [0.1, 0.15) is 46.4 Å². The van der Waals surface area contributed by atoms with Gasteiger partial charge in [-0.25, -0.2) is 9.78 Å². The van der Waals surface area contributed by atoms with E-state index in [1.807, 2.05) is 38.9 Å². The molecule has 5 nitrogen and oxygen atoms in total. The molecule has 0 saturated carbocycles. The van der Waals surface area contributed by atoms with E-state index in [9.17, 15) is 4.79 Å². The predicted molar refractivity (Wildman–Crippen MR) is 83.0 cm³/mol. The van der Waals surface area contributed by atoms with Crippen molar-refractivity contribution < 1.29 is 9.53 Å². The van der Waals surface area contributed by atoms with Gasteiger partial charge < -0.3 is 14.6 Å². The largest absolute Gasteiger partial charge is 0.444 e. The molecule has 0 radical (unpaired) electrons. The van der Waals surface area contributed by atoms with Crippen molar-refractivity contribution in [1.29, 1.82) is 0 Å². The third kappa shape index (κ3) is 5.86. The van der Waals surface area contributed by atoms with E-state index in [-0.39, 0.29) is 0 Å². The van der Waals surface area contributed by atoms with Gasteiger partial charge in [0.25, 0.3) is 0 Å². The van der Waals surface area contributed by atoms with Crippen molar-refractivity contribution in [3.05, 3.63) is 18.2 Å². The van der Waals surface area contributed by atoms with Crippen LogP contribution >= 0.6 is 11.8 Å². The van der Waals surface area contributed by atoms with Crippen molar-refractivity contribution >= 4 is 17.9 Å². The number of alkyl carbamates (subject to hydrolysis) is 1. The normalized spacial score (nSPS) is 13.1. The van der Waals surface area contributed by atoms with Crippen molar-refractivity contribution in [2.24, 2.45) is 0 Å². The minimum atomic E-state index is -0.477. The number of imidazole rings is 1. The minimum absolute atomic E-state index is 0.359. The van der Waals surface area contributed by atoms with Gasteiger partial charge in [-0.3, -0.25) is 0 Å². The first-order chi connectivity index (χ1) is 9.33. The van der Waals surface area contributed by atoms with Gasteiger partial charge in [-0.2, -0.15) is 11.8 Å². The summed E-state index contributed by atoms with van der Waals surface area (Å²) >= 11 is 1.89. The van der Waals surface area contributed by atoms with E-state index in [4.69, 9.17) is 4.74 Å². The second kappa shape index (κ2) is 7.57. The zero-order chi connectivity index (χ0) is 15.2. The monoisotopic (exact) mass is 299 g/mol. The molecule has 0 aliphatic rings. The van der Waals surface area contributed by atoms with Gasteiger partial charge in [-0.05, 0) is 33.4 Å². The number of nitrogens with one attached hydrogen (secondary N) is 1. The lowest BCUT2D eigenvalue weighted by atomic mass is 10.2. The number of nitrogens with zero attached hydrogens (tertiary/aromatic N) is 2. The minimum Gasteiger partial charge on any atom is -0.444 e. The van der Waals surface area contributed by atoms with Crippen LogP contribution in [0.25, 0.3) is 0 Å². The van der Waals surface area contributed by atoms with Crippen LogP contribution in [0.15, 0.2) is 12.5 Å². The van der Waals surface area contributed by atoms with Crippen molar-refractivity contribution in [2.75, 3.05) is 11.5 Å². The van der Waals surface area contributed by atoms with Gasteiger partial charge in [0.15, 0.2) is 0 Å². The van der Waals surface area contributed by atoms with Gasteiger partial charge in [0.1, 0.15) is 5.60 Å². The van der Waals surface area contributed by atoms with Gasteiger partial charge >= 0.3 is 6.09 Å². The Bertz CT molecular complexity index is 426. The summed E-state index contributed by atoms with van der Waals surface area (Å²) in [6.07, 6.45) is 3.19. The second-order valence-electron chi connectivity index (χ2n) is 5.66. The number of carbonyl (C=O) groups excluding carboxylic acids is 1. The first-order valence-electron chi connectivity index (χ1n) is 6.88. The zero-order valence-electron chi connectivity index (χ0n) is 13.0. The molecule has 1 atom stereocenters. The van der Waals surface area contributed by atoms with Crippen LogP contribution in [0.2, 0.25) is 0 Å². The van der Waals surface area contributed by atoms with Crippen LogP contribution in [-0.2, 0) is 11.3 Å². The molecular formula is C14H25N3O2S. The number of aromatic nitrogens is 2. The zero-order valence-corrected chi connectivity index (χ0v) is 13.8. The third-order valence-electron chi connectivity index (χ3n) is 2.60. The fourth-order valence-electron chi connectivity index (χ4n) is 1.71. The van der Waals surface area contributed by atoms with Crippen LogP contribution in [0.4, 0.5) is 4.79 Å². The molecule has 0 aliphatic heterocycles. The highest BCUT2D eigenvalue weighted by atomic mass is 32.2. The summed E-state index contributed by atoms with van der Waals surface area (Å²) in [7, 11) is 0. The van der Waals surface area contributed by atoms with Gasteiger partial charge in [-0.15, -0.1) is 0 Å². The van der Waals surface area contributed by atoms with Crippen molar-refractivity contribution in [1.82, 2.24) is 14.9 Å². The van der Waals surface area contributed by atoms with Crippen molar-refractivity contribution in [2.45, 2.75) is 52.8 Å². The number of amides is 1. The molecular weight excluding hydrogens is 274 g/mol. The molecule has 1 aromatic rings. The summed E-state index contributed by atoms with van der Waals surface area (Å²) in [5, 5.41) is 2.76. The first kappa shape index (κ1) is 16.9. The highest BCUT2D eigenvalue weighted by molar-refractivity contribution is 7.99. The standard InChI is InChI=1S/C14H25N3O2S/c1-6-20-9-11(2)17-10-15-7-12(17)8-16-13(18)19-14(3,4)5/h7,10-11H,6,8-9H2,1-5H3,(H,16,18). The molecule has 1 rings (SSSR count). The van der Waals surface area contributed by atoms with Crippen LogP contribution < -0.4 is 5.32 Å². The first-order valence-corrected chi connectivity index (χ1v) is 8.04. The number of thioether (sulfide) groups is 1. The molecule has 0 spiro atoms. The van der Waals surface area contributed by atoms with Gasteiger partial charge in [0.2, 0.25) is 0 Å². The molecule has 114 valence electrons. The molecule has 0 fully saturated rings. The van der Waals surface area contributed by atoms with Gasteiger partial charge in [0, 0.05) is 18.0 Å². The predicted octanol–water partition coefficient (Wildman–Crippen LogP) is 3.22. The van der Waals surface area contributed by atoms with Crippen LogP contribution in [-0.4, -0.2) is 32.8 Å². The second-order valence-corrected chi connectivity index (χ2v) is 6.98. The number of ether oxygens (including phenoxy) is 1. The van der Waals surface area contributed by atoms with Crippen LogP contribution in [0, 0.1) is 0 Å². The lowest BCUT2D eigenvalue weighted by Gasteiger charge is -2.20. The molecule has 1 heterocycles. The van der Waals surface area contributed by atoms with Crippen LogP contribution in [0.3, 0.4) is 0 Å². The Hall–Kier alpha value is -1.17. The van der Waals surface area contributed by atoms with E-state index in [1.54, 1.807) is 6.20 Å². The Balaban J connectivity index is 2.53. The highest BCUT2D eigenvalue weighted by Gasteiger charge is 2.16. The lowest BCUT2D eigenvalue weighted by molar-refractivity contribution is 0.0522. The Morgan fingerprint density at radius 1 is 1.55 bits per heavy atom. The molecule has 6 heteroatoms. The molecule has 1 N–H and O–H groups in total. The summed E-state index contributed by atoms with van der Waals surface area (Å²) in [6.45, 7) is 10.3. The molecule has 0 bridgehead atoms. The van der Waals surface area contributed by atoms with Crippen LogP contribution in [0.5, 0.6) is 0 Å². The van der Waals surface area contributed by atoms with E-state index in [2.05, 4.69) is 28.7 Å². The Morgan fingerprint density at radius 2 is 2.25 bits per heavy atom. The molecule has 0 aromatic carbocycles. The topological polar surface area (TPSA) is 56.2 Å². The molecule has 0 aliphatic carbocycles. The molecule has 1 amide bonds. The van der Waals surface area contributed by atoms with E-state index >= 15 is 0 Å². The summed E-state index contributed by atoms with van der Waals surface area (Å²) in [4.78, 5) is 15.8. The quantitative estimate of drug-likeness (QED) is 0.876. The summed E-state index contributed by atoms with van der Waals surface area (Å²) in [5.74, 6) is 2.14. The molecule has 0 saturated heterocycles. The maximum absolute atomic E-state index is 11.6. The number of rotatable bonds is 6. The van der Waals surface area contributed by atoms with Gasteiger partial charge in [-0.1, -0.05) is 6.92 Å². The Kier molecular flexibility index (Phi) is 6.39. The highest BCUT2D eigenvalue weighted by Crippen LogP contribution is 2.16. The summed E-state index contributed by atoms with van der Waals surface area (Å²) in [6, 6.07) is 0.359. The summed E-state index contributed by atoms with van der Waals surface area (Å²) < 4.78 is 7.31. The SMILES string of the molecule is CCSCC(C)n1cncc1CNC(=O)OC(C)(C)C. The fourth-order valence-corrected chi connectivity index (χ4v) is 2.45. The number of carbonyl (C=O) groups is 1. The van der Waals surface area contributed by atoms with Gasteiger partial charge in [0.05, 0.1) is 18.6 Å². The summed E-state index contributed by atoms with van der Waals surface area (Å²) in [5.41, 5.74) is 0.509. The maximum atomic E-state index is 11.6. The smallest absolute Gasteiger partial charge is 0.407 e. The van der Waals surface area contributed by atoms with Crippen molar-refractivity contribution in [3.8, 4) is 0 Å². The van der Waals surface area contributed by atoms with Crippen molar-refractivity contribution in [3.63, 3.8) is 0 Å². The molecule has 20 heavy (non-hydrogen) atoms. The van der Waals surface area contributed by atoms with E-state index in [1.165, 1.54) is 0 Å².